The molecule has 0 saturated carbocycles. The molecule has 2 rings (SSSR count). The fourth-order valence-electron chi connectivity index (χ4n) is 1.88. The number of benzene rings is 1. The van der Waals surface area contributed by atoms with Gasteiger partial charge in [-0.15, -0.1) is 0 Å². The Morgan fingerprint density at radius 1 is 1.12 bits per heavy atom. The van der Waals surface area contributed by atoms with Crippen LogP contribution in [0.25, 0.3) is 0 Å². The molecule has 0 aliphatic heterocycles. The Labute approximate surface area is 147 Å². The Hall–Kier alpha value is -2.35. The Morgan fingerprint density at radius 3 is 2.32 bits per heavy atom. The van der Waals surface area contributed by atoms with Gasteiger partial charge in [0, 0.05) is 11.2 Å². The monoisotopic (exact) mass is 372 g/mol. The van der Waals surface area contributed by atoms with E-state index in [4.69, 9.17) is 11.6 Å². The van der Waals surface area contributed by atoms with Crippen molar-refractivity contribution in [2.45, 2.75) is 32.5 Å². The zero-order valence-corrected chi connectivity index (χ0v) is 14.5. The predicted molar refractivity (Wildman–Crippen MR) is 89.0 cm³/mol. The number of aromatic nitrogens is 2. The minimum Gasteiger partial charge on any atom is -0.346 e. The molecule has 1 aromatic carbocycles. The van der Waals surface area contributed by atoms with Crippen LogP contribution in [-0.4, -0.2) is 21.4 Å². The van der Waals surface area contributed by atoms with Crippen LogP contribution in [0.3, 0.4) is 0 Å². The molecule has 1 aromatic heterocycles. The van der Waals surface area contributed by atoms with E-state index in [1.54, 1.807) is 0 Å². The van der Waals surface area contributed by atoms with E-state index >= 15 is 0 Å². The fourth-order valence-corrected chi connectivity index (χ4v) is 2.11. The quantitative estimate of drug-likeness (QED) is 0.837. The first-order chi connectivity index (χ1) is 11.5. The molecule has 9 heteroatoms. The highest BCUT2D eigenvalue weighted by atomic mass is 35.5. The highest BCUT2D eigenvalue weighted by Gasteiger charge is 2.33. The van der Waals surface area contributed by atoms with Gasteiger partial charge < -0.3 is 10.6 Å². The van der Waals surface area contributed by atoms with Crippen LogP contribution in [0.4, 0.5) is 24.7 Å². The molecule has 0 atom stereocenters. The molecule has 134 valence electrons. The lowest BCUT2D eigenvalue weighted by molar-refractivity contribution is -0.137. The molecule has 0 unspecified atom stereocenters. The van der Waals surface area contributed by atoms with Crippen molar-refractivity contribution < 1.29 is 18.0 Å². The Bertz CT molecular complexity index is 770. The van der Waals surface area contributed by atoms with Gasteiger partial charge in [0.25, 0.3) is 5.91 Å². The van der Waals surface area contributed by atoms with Crippen molar-refractivity contribution in [2.24, 2.45) is 0 Å². The summed E-state index contributed by atoms with van der Waals surface area (Å²) in [6.07, 6.45) is -2.06. The van der Waals surface area contributed by atoms with Crippen LogP contribution in [0.15, 0.2) is 30.6 Å². The van der Waals surface area contributed by atoms with Crippen molar-refractivity contribution in [1.82, 2.24) is 15.3 Å². The molecule has 0 saturated heterocycles. The second-order valence-electron chi connectivity index (χ2n) is 6.31. The first kappa shape index (κ1) is 19.0. The molecule has 0 aliphatic rings. The lowest BCUT2D eigenvalue weighted by Crippen LogP contribution is -2.40. The number of carbonyl (C=O) groups is 1. The predicted octanol–water partition coefficient (Wildman–Crippen LogP) is 4.42. The number of hydrogen-bond donors (Lipinski definition) is 2. The topological polar surface area (TPSA) is 66.9 Å². The summed E-state index contributed by atoms with van der Waals surface area (Å²) in [6, 6.07) is 3.41. The van der Waals surface area contributed by atoms with Crippen LogP contribution in [0.1, 0.15) is 36.8 Å². The van der Waals surface area contributed by atoms with Crippen LogP contribution in [0.5, 0.6) is 0 Å². The van der Waals surface area contributed by atoms with Crippen molar-refractivity contribution >= 4 is 29.0 Å². The largest absolute Gasteiger partial charge is 0.417 e. The summed E-state index contributed by atoms with van der Waals surface area (Å²) in [4.78, 5) is 19.9. The van der Waals surface area contributed by atoms with E-state index in [1.807, 2.05) is 20.8 Å². The third kappa shape index (κ3) is 5.32. The first-order valence-electron chi connectivity index (χ1n) is 7.24. The molecule has 5 nitrogen and oxygen atoms in total. The van der Waals surface area contributed by atoms with Crippen LogP contribution in [-0.2, 0) is 6.18 Å². The maximum Gasteiger partial charge on any atom is 0.417 e. The lowest BCUT2D eigenvalue weighted by atomic mass is 10.1. The summed E-state index contributed by atoms with van der Waals surface area (Å²) in [5.41, 5.74) is -1.12. The van der Waals surface area contributed by atoms with Gasteiger partial charge in [-0.1, -0.05) is 11.6 Å². The van der Waals surface area contributed by atoms with E-state index in [-0.39, 0.29) is 17.2 Å². The minimum absolute atomic E-state index is 0.104. The van der Waals surface area contributed by atoms with E-state index in [2.05, 4.69) is 20.6 Å². The summed E-state index contributed by atoms with van der Waals surface area (Å²) in [5, 5.41) is 5.04. The Morgan fingerprint density at radius 2 is 1.80 bits per heavy atom. The summed E-state index contributed by atoms with van der Waals surface area (Å²) < 4.78 is 38.6. The number of nitrogens with zero attached hydrogens (tertiary/aromatic N) is 2. The summed E-state index contributed by atoms with van der Waals surface area (Å²) in [5.74, 6) is -0.194. The molecule has 1 amide bonds. The average Bonchev–Trinajstić information content (AvgIpc) is 2.47. The highest BCUT2D eigenvalue weighted by Crippen LogP contribution is 2.36. The number of nitrogens with one attached hydrogen (secondary N) is 2. The molecular formula is C16H16ClF3N4O. The first-order valence-corrected chi connectivity index (χ1v) is 7.62. The zero-order valence-electron chi connectivity index (χ0n) is 13.7. The van der Waals surface area contributed by atoms with E-state index in [0.717, 1.165) is 12.1 Å². The SMILES string of the molecule is CC(C)(C)NC(=O)c1cnc(Nc2ccc(Cl)c(C(F)(F)F)c2)cn1. The van der Waals surface area contributed by atoms with Gasteiger partial charge in [0.15, 0.2) is 0 Å². The van der Waals surface area contributed by atoms with Crippen molar-refractivity contribution in [3.05, 3.63) is 46.9 Å². The van der Waals surface area contributed by atoms with E-state index in [1.165, 1.54) is 18.5 Å². The van der Waals surface area contributed by atoms with Gasteiger partial charge in [0.2, 0.25) is 0 Å². The normalized spacial score (nSPS) is 12.0. The van der Waals surface area contributed by atoms with Crippen molar-refractivity contribution in [3.63, 3.8) is 0 Å². The van der Waals surface area contributed by atoms with Crippen LogP contribution < -0.4 is 10.6 Å². The molecule has 0 radical (unpaired) electrons. The smallest absolute Gasteiger partial charge is 0.346 e. The van der Waals surface area contributed by atoms with Gasteiger partial charge in [-0.2, -0.15) is 13.2 Å². The van der Waals surface area contributed by atoms with Gasteiger partial charge in [-0.3, -0.25) is 4.79 Å². The summed E-state index contributed by atoms with van der Waals surface area (Å²) in [6.45, 7) is 5.48. The third-order valence-corrected chi connectivity index (χ3v) is 3.25. The van der Waals surface area contributed by atoms with E-state index < -0.39 is 28.2 Å². The van der Waals surface area contributed by atoms with Crippen molar-refractivity contribution in [1.29, 1.82) is 0 Å². The number of carbonyl (C=O) groups excluding carboxylic acids is 1. The summed E-state index contributed by atoms with van der Waals surface area (Å²) in [7, 11) is 0. The molecule has 2 N–H and O–H groups in total. The van der Waals surface area contributed by atoms with Crippen LogP contribution >= 0.6 is 11.6 Å². The number of alkyl halides is 3. The lowest BCUT2D eigenvalue weighted by Gasteiger charge is -2.20. The Balaban J connectivity index is 2.16. The van der Waals surface area contributed by atoms with Crippen molar-refractivity contribution in [2.75, 3.05) is 5.32 Å². The molecule has 0 spiro atoms. The maximum absolute atomic E-state index is 12.9. The standard InChI is InChI=1S/C16H16ClF3N4O/c1-15(2,3)24-14(25)12-7-22-13(8-21-12)23-9-4-5-11(17)10(6-9)16(18,19)20/h4-8H,1-3H3,(H,22,23)(H,24,25). The number of halogens is 4. The summed E-state index contributed by atoms with van der Waals surface area (Å²) >= 11 is 5.57. The third-order valence-electron chi connectivity index (χ3n) is 2.92. The minimum atomic E-state index is -4.56. The molecule has 0 aliphatic carbocycles. The average molecular weight is 373 g/mol. The van der Waals surface area contributed by atoms with Gasteiger partial charge >= 0.3 is 6.18 Å². The molecule has 0 bridgehead atoms. The molecule has 25 heavy (non-hydrogen) atoms. The number of amides is 1. The molecular weight excluding hydrogens is 357 g/mol. The second kappa shape index (κ2) is 6.87. The highest BCUT2D eigenvalue weighted by molar-refractivity contribution is 6.31. The molecule has 0 fully saturated rings. The maximum atomic E-state index is 12.9. The number of hydrogen-bond acceptors (Lipinski definition) is 4. The molecule has 1 heterocycles. The number of anilines is 2. The fraction of sp³-hybridized carbons (Fsp3) is 0.312. The zero-order chi connectivity index (χ0) is 18.8. The van der Waals surface area contributed by atoms with Crippen LogP contribution in [0, 0.1) is 0 Å². The van der Waals surface area contributed by atoms with Crippen LogP contribution in [0.2, 0.25) is 5.02 Å². The van der Waals surface area contributed by atoms with E-state index in [9.17, 15) is 18.0 Å². The van der Waals surface area contributed by atoms with Crippen molar-refractivity contribution in [3.8, 4) is 0 Å². The van der Waals surface area contributed by atoms with Gasteiger partial charge in [-0.25, -0.2) is 9.97 Å². The molecule has 2 aromatic rings. The van der Waals surface area contributed by atoms with Gasteiger partial charge in [0.1, 0.15) is 11.5 Å². The second-order valence-corrected chi connectivity index (χ2v) is 6.72. The Kier molecular flexibility index (Phi) is 5.22. The van der Waals surface area contributed by atoms with Gasteiger partial charge in [-0.05, 0) is 39.0 Å². The van der Waals surface area contributed by atoms with Gasteiger partial charge in [0.05, 0.1) is 23.0 Å². The van der Waals surface area contributed by atoms with E-state index in [0.29, 0.717) is 0 Å². The number of rotatable bonds is 3.